The summed E-state index contributed by atoms with van der Waals surface area (Å²) in [6, 6.07) is 31.1. The van der Waals surface area contributed by atoms with Crippen LogP contribution >= 0.6 is 11.6 Å². The number of hydroxylamine groups is 2. The second-order valence-corrected chi connectivity index (χ2v) is 18.0. The molecule has 2 fully saturated rings. The van der Waals surface area contributed by atoms with Crippen LogP contribution in [0.4, 0.5) is 17.1 Å². The van der Waals surface area contributed by atoms with Gasteiger partial charge in [-0.05, 0) is 122 Å². The molecule has 5 aromatic carbocycles. The number of carbonyl (C=O) groups excluding carboxylic acids is 1. The summed E-state index contributed by atoms with van der Waals surface area (Å²) in [5.41, 5.74) is 3.67. The number of nitrogens with one attached hydrogen (secondary N) is 4. The first-order chi connectivity index (χ1) is 30.4. The summed E-state index contributed by atoms with van der Waals surface area (Å²) >= 11 is 6.20. The number of sulfonamides is 1. The van der Waals surface area contributed by atoms with Crippen molar-refractivity contribution in [1.82, 2.24) is 19.7 Å². The molecule has 1 amide bonds. The molecule has 0 bridgehead atoms. The smallest absolute Gasteiger partial charge is 0.268 e. The summed E-state index contributed by atoms with van der Waals surface area (Å²) in [6.45, 7) is 7.15. The van der Waals surface area contributed by atoms with E-state index in [4.69, 9.17) is 25.8 Å². The number of para-hydroxylation sites is 1. The minimum atomic E-state index is -4.55. The third kappa shape index (κ3) is 12.9. The van der Waals surface area contributed by atoms with Crippen LogP contribution in [0.15, 0.2) is 114 Å². The molecular weight excluding hydrogens is 844 g/mol. The SMILES string of the molecule is C[N+]([O-])([O-])c1cc(S(=O)(=O)NC(=O)c2ccc(NCCNCc3cc(OCCN4CCCC4)ccc3-c3ccc(Cl)cc3)cc2Oc2ccccc2)ccc1NCC1CCOCC1. The van der Waals surface area contributed by atoms with Gasteiger partial charge in [0.1, 0.15) is 23.9 Å². The largest absolute Gasteiger partial charge is 0.626 e. The molecule has 4 N–H and O–H groups in total. The Balaban J connectivity index is 1.01. The Bertz CT molecular complexity index is 2410. The van der Waals surface area contributed by atoms with Gasteiger partial charge < -0.3 is 45.4 Å². The van der Waals surface area contributed by atoms with Crippen molar-refractivity contribution in [1.29, 1.82) is 0 Å². The van der Waals surface area contributed by atoms with E-state index in [1.807, 2.05) is 36.4 Å². The number of amides is 1. The molecule has 2 heterocycles. The maximum absolute atomic E-state index is 13.7. The van der Waals surface area contributed by atoms with Crippen LogP contribution < -0.4 is 35.0 Å². The van der Waals surface area contributed by atoms with E-state index >= 15 is 0 Å². The number of anilines is 2. The van der Waals surface area contributed by atoms with Crippen LogP contribution in [0.3, 0.4) is 0 Å². The number of rotatable bonds is 20. The van der Waals surface area contributed by atoms with Crippen LogP contribution in [0.1, 0.15) is 41.6 Å². The molecule has 2 aliphatic rings. The van der Waals surface area contributed by atoms with Gasteiger partial charge in [0.25, 0.3) is 15.9 Å². The lowest BCUT2D eigenvalue weighted by atomic mass is 9.99. The van der Waals surface area contributed by atoms with Gasteiger partial charge in [-0.3, -0.25) is 9.69 Å². The van der Waals surface area contributed by atoms with Gasteiger partial charge in [-0.25, -0.2) is 13.1 Å². The molecule has 7 rings (SSSR count). The predicted octanol–water partition coefficient (Wildman–Crippen LogP) is 8.37. The number of halogens is 1. The van der Waals surface area contributed by atoms with Crippen molar-refractivity contribution in [2.45, 2.75) is 37.1 Å². The molecule has 0 aliphatic carbocycles. The molecule has 0 aromatic heterocycles. The fraction of sp³-hybridized carbons (Fsp3) is 0.340. The second kappa shape index (κ2) is 21.4. The monoisotopic (exact) mass is 897 g/mol. The number of likely N-dealkylation sites (tertiary alicyclic amines) is 1. The number of nitrogens with zero attached hydrogens (tertiary/aromatic N) is 2. The molecule has 0 saturated carbocycles. The fourth-order valence-corrected chi connectivity index (χ4v) is 8.77. The van der Waals surface area contributed by atoms with Gasteiger partial charge in [0.2, 0.25) is 0 Å². The van der Waals surface area contributed by atoms with Crippen molar-refractivity contribution in [3.8, 4) is 28.4 Å². The zero-order chi connectivity index (χ0) is 44.2. The van der Waals surface area contributed by atoms with Crippen LogP contribution in [0.5, 0.6) is 17.2 Å². The van der Waals surface area contributed by atoms with Gasteiger partial charge in [-0.15, -0.1) is 0 Å². The molecule has 334 valence electrons. The summed E-state index contributed by atoms with van der Waals surface area (Å²) in [6.07, 6.45) is 4.12. The summed E-state index contributed by atoms with van der Waals surface area (Å²) in [5.74, 6) is 0.669. The van der Waals surface area contributed by atoms with Crippen LogP contribution in [0.25, 0.3) is 11.1 Å². The zero-order valence-electron chi connectivity index (χ0n) is 35.3. The second-order valence-electron chi connectivity index (χ2n) is 15.8. The highest BCUT2D eigenvalue weighted by Gasteiger charge is 2.26. The van der Waals surface area contributed by atoms with Crippen LogP contribution in [-0.2, 0) is 21.3 Å². The Morgan fingerprint density at radius 1 is 0.873 bits per heavy atom. The highest BCUT2D eigenvalue weighted by Crippen LogP contribution is 2.34. The maximum atomic E-state index is 13.7. The van der Waals surface area contributed by atoms with E-state index in [0.29, 0.717) is 62.5 Å². The predicted molar refractivity (Wildman–Crippen MR) is 249 cm³/mol. The minimum absolute atomic E-state index is 0.0494. The number of carbonyl (C=O) groups is 1. The van der Waals surface area contributed by atoms with Crippen LogP contribution in [-0.4, -0.2) is 85.4 Å². The Kier molecular flexibility index (Phi) is 15.6. The molecule has 2 aliphatic heterocycles. The van der Waals surface area contributed by atoms with Gasteiger partial charge in [0.05, 0.1) is 23.2 Å². The normalized spacial score (nSPS) is 14.9. The first-order valence-electron chi connectivity index (χ1n) is 21.3. The number of hydrogen-bond acceptors (Lipinski definition) is 12. The molecule has 0 atom stereocenters. The summed E-state index contributed by atoms with van der Waals surface area (Å²) in [7, 11) is -3.68. The lowest BCUT2D eigenvalue weighted by Gasteiger charge is -2.43. The van der Waals surface area contributed by atoms with Crippen molar-refractivity contribution < 1.29 is 27.4 Å². The standard InChI is InChI=1S/C47H54ClN6O8S/c1-54(56,57)45-31-41(15-18-44(45)51-32-34-19-26-60-27-20-34)63(58,59)52-47(55)43-16-13-38(30-46(43)62-39-7-3-2-4-8-39)50-22-21-49-33-36-29-40(61-28-25-53-23-5-6-24-53)14-17-42(36)35-9-11-37(48)12-10-35/h2-4,7-18,29-31,34,49-51H,5-6,19-28,32-33H2,1H3,(H,52,55)/q-1. The van der Waals surface area contributed by atoms with Crippen LogP contribution in [0.2, 0.25) is 5.02 Å². The highest BCUT2D eigenvalue weighted by molar-refractivity contribution is 7.90. The van der Waals surface area contributed by atoms with E-state index in [2.05, 4.69) is 37.7 Å². The molecular formula is C47H54ClN6O8S-. The van der Waals surface area contributed by atoms with E-state index in [-0.39, 0.29) is 28.6 Å². The van der Waals surface area contributed by atoms with E-state index in [0.717, 1.165) is 68.0 Å². The average Bonchev–Trinajstić information content (AvgIpc) is 3.80. The van der Waals surface area contributed by atoms with Crippen molar-refractivity contribution in [2.75, 3.05) is 76.8 Å². The van der Waals surface area contributed by atoms with E-state index in [9.17, 15) is 23.6 Å². The van der Waals surface area contributed by atoms with Gasteiger partial charge in [0, 0.05) is 68.8 Å². The van der Waals surface area contributed by atoms with E-state index in [1.165, 1.54) is 31.0 Å². The summed E-state index contributed by atoms with van der Waals surface area (Å²) in [5, 5.41) is 36.1. The number of ether oxygens (including phenoxy) is 3. The number of hydrogen-bond donors (Lipinski definition) is 4. The first kappa shape index (κ1) is 45.8. The Labute approximate surface area is 374 Å². The van der Waals surface area contributed by atoms with Gasteiger partial charge in [0.15, 0.2) is 5.69 Å². The molecule has 5 aromatic rings. The highest BCUT2D eigenvalue weighted by atomic mass is 35.5. The zero-order valence-corrected chi connectivity index (χ0v) is 36.9. The van der Waals surface area contributed by atoms with Crippen molar-refractivity contribution in [2.24, 2.45) is 5.92 Å². The topological polar surface area (TPSA) is 176 Å². The quantitative estimate of drug-likeness (QED) is 0.0334. The van der Waals surface area contributed by atoms with Crippen LogP contribution in [0, 0.1) is 16.3 Å². The molecule has 2 saturated heterocycles. The molecule has 0 unspecified atom stereocenters. The van der Waals surface area contributed by atoms with Crippen molar-refractivity contribution in [3.05, 3.63) is 136 Å². The third-order valence-corrected chi connectivity index (χ3v) is 12.7. The van der Waals surface area contributed by atoms with E-state index in [1.54, 1.807) is 36.4 Å². The fourth-order valence-electron chi connectivity index (χ4n) is 7.66. The first-order valence-corrected chi connectivity index (χ1v) is 23.1. The number of benzene rings is 5. The van der Waals surface area contributed by atoms with Crippen molar-refractivity contribution >= 4 is 44.6 Å². The molecule has 0 radical (unpaired) electrons. The van der Waals surface area contributed by atoms with Gasteiger partial charge in [-0.2, -0.15) is 0 Å². The average molecular weight is 899 g/mol. The Hall–Kier alpha value is -5.23. The van der Waals surface area contributed by atoms with E-state index < -0.39 is 25.6 Å². The Morgan fingerprint density at radius 2 is 1.63 bits per heavy atom. The third-order valence-electron chi connectivity index (χ3n) is 11.1. The number of quaternary nitrogens is 1. The Morgan fingerprint density at radius 3 is 2.38 bits per heavy atom. The minimum Gasteiger partial charge on any atom is -0.626 e. The summed E-state index contributed by atoms with van der Waals surface area (Å²) in [4.78, 5) is 13.6. The van der Waals surface area contributed by atoms with Crippen molar-refractivity contribution in [3.63, 3.8) is 0 Å². The van der Waals surface area contributed by atoms with Gasteiger partial charge >= 0.3 is 0 Å². The maximum Gasteiger partial charge on any atom is 0.268 e. The summed E-state index contributed by atoms with van der Waals surface area (Å²) < 4.78 is 47.1. The van der Waals surface area contributed by atoms with Gasteiger partial charge in [-0.1, -0.05) is 48.0 Å². The lowest BCUT2D eigenvalue weighted by molar-refractivity contribution is 0.0699. The molecule has 0 spiro atoms. The molecule has 63 heavy (non-hydrogen) atoms. The lowest BCUT2D eigenvalue weighted by Crippen LogP contribution is -2.33. The molecule has 16 heteroatoms. The molecule has 14 nitrogen and oxygen atoms in total.